The molecule has 50 heavy (non-hydrogen) atoms. The molecule has 2 aromatic carbocycles. The first kappa shape index (κ1) is 33.0. The molecule has 2 aromatic heterocycles. The molecule has 3 atom stereocenters. The molecule has 0 saturated carbocycles. The Kier molecular flexibility index (Phi) is 8.07. The number of nitriles is 1. The molecule has 262 valence electrons. The van der Waals surface area contributed by atoms with Crippen molar-refractivity contribution in [2.24, 2.45) is 0 Å². The third-order valence-corrected chi connectivity index (χ3v) is 11.7. The van der Waals surface area contributed by atoms with Gasteiger partial charge < -0.3 is 25.0 Å². The summed E-state index contributed by atoms with van der Waals surface area (Å²) in [5, 5.41) is 9.97. The van der Waals surface area contributed by atoms with Crippen LogP contribution in [0.3, 0.4) is 0 Å². The topological polar surface area (TPSA) is 121 Å². The summed E-state index contributed by atoms with van der Waals surface area (Å²) in [6.45, 7) is 1.02. The maximum atomic E-state index is 17.2. The third kappa shape index (κ3) is 5.07. The van der Waals surface area contributed by atoms with E-state index in [0.29, 0.717) is 6.42 Å². The first-order chi connectivity index (χ1) is 24.0. The average Bonchev–Trinajstić information content (AvgIpc) is 3.63. The first-order valence-electron chi connectivity index (χ1n) is 16.1. The second kappa shape index (κ2) is 12.2. The van der Waals surface area contributed by atoms with Gasteiger partial charge in [0, 0.05) is 43.5 Å². The fraction of sp³-hybridized carbons (Fsp3) is 0.455. The van der Waals surface area contributed by atoms with Gasteiger partial charge in [0.2, 0.25) is 0 Å². The molecule has 0 bridgehead atoms. The molecule has 8 rings (SSSR count). The van der Waals surface area contributed by atoms with E-state index in [-0.39, 0.29) is 118 Å². The molecule has 10 nitrogen and oxygen atoms in total. The number of nitrogens with zero attached hydrogens (tertiary/aromatic N) is 6. The normalized spacial score (nSPS) is 23.5. The van der Waals surface area contributed by atoms with Crippen LogP contribution in [0.25, 0.3) is 32.1 Å². The van der Waals surface area contributed by atoms with Crippen molar-refractivity contribution in [1.29, 1.82) is 5.26 Å². The van der Waals surface area contributed by atoms with E-state index in [1.54, 1.807) is 4.90 Å². The van der Waals surface area contributed by atoms with E-state index in [1.165, 1.54) is 6.07 Å². The molecular formula is C33H29ClF5N7O3S. The van der Waals surface area contributed by atoms with Gasteiger partial charge in [0.1, 0.15) is 47.6 Å². The minimum atomic E-state index is -3.17. The molecule has 4 aromatic rings. The molecule has 4 aliphatic heterocycles. The zero-order chi connectivity index (χ0) is 35.1. The lowest BCUT2D eigenvalue weighted by molar-refractivity contribution is -0.142. The number of nitrogens with two attached hydrogens (primary N) is 1. The highest BCUT2D eigenvalue weighted by atomic mass is 35.5. The maximum Gasteiger partial charge on any atom is 0.319 e. The Morgan fingerprint density at radius 3 is 2.82 bits per heavy atom. The monoisotopic (exact) mass is 733 g/mol. The van der Waals surface area contributed by atoms with Crippen LogP contribution in [0.5, 0.6) is 11.8 Å². The smallest absolute Gasteiger partial charge is 0.319 e. The number of hydrogen-bond acceptors (Lipinski definition) is 10. The van der Waals surface area contributed by atoms with Crippen LogP contribution in [0.4, 0.5) is 32.8 Å². The number of alkyl halides is 3. The number of benzene rings is 2. The van der Waals surface area contributed by atoms with Crippen LogP contribution < -0.4 is 20.1 Å². The number of aromatic nitrogens is 2. The lowest BCUT2D eigenvalue weighted by atomic mass is 9.95. The number of amides is 1. The molecule has 0 aliphatic carbocycles. The fourth-order valence-corrected chi connectivity index (χ4v) is 9.29. The van der Waals surface area contributed by atoms with Gasteiger partial charge in [-0.2, -0.15) is 24.0 Å². The zero-order valence-electron chi connectivity index (χ0n) is 26.3. The Bertz CT molecular complexity index is 2110. The molecule has 1 amide bonds. The van der Waals surface area contributed by atoms with E-state index < -0.39 is 41.7 Å². The van der Waals surface area contributed by atoms with Gasteiger partial charge in [0.25, 0.3) is 5.91 Å². The van der Waals surface area contributed by atoms with E-state index in [4.69, 9.17) is 31.8 Å². The lowest BCUT2D eigenvalue weighted by Gasteiger charge is -2.31. The lowest BCUT2D eigenvalue weighted by Crippen LogP contribution is -2.43. The summed E-state index contributed by atoms with van der Waals surface area (Å²) in [6, 6.07) is 3.72. The SMILES string of the molecule is N#Cc1c(N)sc2c(F)ccc(-c3c(Cl)c4c5c(nc(OC[C@@]67CCCN6C[C@H](F)C7)nc5c3F)N3CCN(C(=O)C(F)F)CCC3CO4)c12. The van der Waals surface area contributed by atoms with Crippen molar-refractivity contribution in [3.05, 3.63) is 34.4 Å². The molecule has 6 heterocycles. The summed E-state index contributed by atoms with van der Waals surface area (Å²) >= 11 is 7.84. The number of carbonyl (C=O) groups excluding carboxylic acids is 1. The average molecular weight is 734 g/mol. The molecule has 0 spiro atoms. The third-order valence-electron chi connectivity index (χ3n) is 10.3. The number of fused-ring (bicyclic) bond motifs is 4. The van der Waals surface area contributed by atoms with Crippen LogP contribution in [0, 0.1) is 23.0 Å². The van der Waals surface area contributed by atoms with Crippen molar-refractivity contribution < 1.29 is 36.2 Å². The first-order valence-corrected chi connectivity index (χ1v) is 17.3. The standard InChI is InChI=1S/C33H29ClF5N7O3S/c34-23-21(17-2-3-19(36)27-20(17)18(11-40)29(41)50-27)24(37)25-22-26(23)48-13-16-4-7-44(31(47)28(38)39)8-9-46(16)30(22)43-32(42-25)49-14-33-5-1-6-45(33)12-15(35)10-33/h2-3,15-16,28H,1,4-10,12-14,41H2/t15-,16?,33+/m1/s1. The Morgan fingerprint density at radius 1 is 1.22 bits per heavy atom. The second-order valence-corrected chi connectivity index (χ2v) is 14.5. The number of rotatable bonds is 5. The van der Waals surface area contributed by atoms with Gasteiger partial charge in [-0.1, -0.05) is 17.7 Å². The molecule has 3 saturated heterocycles. The highest BCUT2D eigenvalue weighted by molar-refractivity contribution is 7.23. The Morgan fingerprint density at radius 2 is 2.04 bits per heavy atom. The van der Waals surface area contributed by atoms with Crippen LogP contribution in [-0.4, -0.2) is 95.8 Å². The van der Waals surface area contributed by atoms with Crippen LogP contribution in [0.2, 0.25) is 5.02 Å². The van der Waals surface area contributed by atoms with Gasteiger partial charge >= 0.3 is 12.4 Å². The molecule has 17 heteroatoms. The summed E-state index contributed by atoms with van der Waals surface area (Å²) in [6.07, 6.45) is -2.13. The molecule has 3 fully saturated rings. The van der Waals surface area contributed by atoms with Crippen molar-refractivity contribution >= 4 is 60.7 Å². The highest BCUT2D eigenvalue weighted by Gasteiger charge is 2.49. The van der Waals surface area contributed by atoms with Crippen LogP contribution in [-0.2, 0) is 4.79 Å². The number of anilines is 2. The predicted octanol–water partition coefficient (Wildman–Crippen LogP) is 5.92. The van der Waals surface area contributed by atoms with E-state index in [0.717, 1.165) is 35.3 Å². The van der Waals surface area contributed by atoms with Crippen molar-refractivity contribution in [2.45, 2.75) is 49.9 Å². The van der Waals surface area contributed by atoms with Crippen molar-refractivity contribution in [3.63, 3.8) is 0 Å². The number of thiophene rings is 1. The second-order valence-electron chi connectivity index (χ2n) is 13.1. The molecular weight excluding hydrogens is 705 g/mol. The van der Waals surface area contributed by atoms with Gasteiger partial charge in [0.05, 0.1) is 32.3 Å². The minimum absolute atomic E-state index is 0.0157. The summed E-state index contributed by atoms with van der Waals surface area (Å²) in [7, 11) is 0. The molecule has 4 aliphatic rings. The van der Waals surface area contributed by atoms with E-state index >= 15 is 4.39 Å². The van der Waals surface area contributed by atoms with E-state index in [1.807, 2.05) is 6.07 Å². The highest BCUT2D eigenvalue weighted by Crippen LogP contribution is 2.51. The summed E-state index contributed by atoms with van der Waals surface area (Å²) in [5.74, 6) is -2.67. The van der Waals surface area contributed by atoms with Gasteiger partial charge in [0.15, 0.2) is 11.6 Å². The summed E-state index contributed by atoms with van der Waals surface area (Å²) in [5.41, 5.74) is 5.11. The van der Waals surface area contributed by atoms with Crippen molar-refractivity contribution in [1.82, 2.24) is 19.8 Å². The fourth-order valence-electron chi connectivity index (χ4n) is 8.01. The zero-order valence-corrected chi connectivity index (χ0v) is 27.9. The van der Waals surface area contributed by atoms with Gasteiger partial charge in [-0.3, -0.25) is 9.69 Å². The largest absolute Gasteiger partial charge is 0.489 e. The van der Waals surface area contributed by atoms with Gasteiger partial charge in [-0.05, 0) is 37.4 Å². The molecule has 1 unspecified atom stereocenters. The number of hydrogen-bond donors (Lipinski definition) is 1. The summed E-state index contributed by atoms with van der Waals surface area (Å²) < 4.78 is 86.0. The van der Waals surface area contributed by atoms with E-state index in [2.05, 4.69) is 9.88 Å². The van der Waals surface area contributed by atoms with E-state index in [9.17, 15) is 27.6 Å². The quantitative estimate of drug-likeness (QED) is 0.250. The number of ether oxygens (including phenoxy) is 2. The van der Waals surface area contributed by atoms with Crippen LogP contribution in [0.1, 0.15) is 31.2 Å². The summed E-state index contributed by atoms with van der Waals surface area (Å²) in [4.78, 5) is 26.3. The van der Waals surface area contributed by atoms with Crippen LogP contribution >= 0.6 is 22.9 Å². The molecule has 0 radical (unpaired) electrons. The number of halogens is 6. The van der Waals surface area contributed by atoms with Crippen LogP contribution in [0.15, 0.2) is 12.1 Å². The number of carbonyl (C=O) groups is 1. The van der Waals surface area contributed by atoms with Crippen molar-refractivity contribution in [2.75, 3.05) is 56.6 Å². The number of nitrogen functional groups attached to an aromatic ring is 1. The maximum absolute atomic E-state index is 17.2. The predicted molar refractivity (Wildman–Crippen MR) is 177 cm³/mol. The minimum Gasteiger partial charge on any atom is -0.489 e. The Balaban J connectivity index is 1.32. The van der Waals surface area contributed by atoms with Crippen molar-refractivity contribution in [3.8, 4) is 29.0 Å². The Labute approximate surface area is 291 Å². The van der Waals surface area contributed by atoms with Gasteiger partial charge in [-0.15, -0.1) is 11.3 Å². The van der Waals surface area contributed by atoms with Gasteiger partial charge in [-0.25, -0.2) is 13.2 Å². The molecule has 2 N–H and O–H groups in total. The Hall–Kier alpha value is -4.20.